The number of thioether (sulfide) groups is 1. The molecule has 0 unspecified atom stereocenters. The fourth-order valence-corrected chi connectivity index (χ4v) is 3.69. The topological polar surface area (TPSA) is 38.8 Å². The SMILES string of the molecule is CCOc1c(Cl)cc(C=C2SC(=S)N(CC)C2=O)cc1OC. The molecule has 1 saturated heterocycles. The second-order valence-electron chi connectivity index (χ2n) is 4.39. The number of amides is 1. The van der Waals surface area contributed by atoms with Crippen molar-refractivity contribution in [3.05, 3.63) is 27.6 Å². The first-order valence-electron chi connectivity index (χ1n) is 6.77. The summed E-state index contributed by atoms with van der Waals surface area (Å²) in [5.74, 6) is 0.956. The Labute approximate surface area is 144 Å². The number of rotatable bonds is 5. The quantitative estimate of drug-likeness (QED) is 0.589. The van der Waals surface area contributed by atoms with Crippen molar-refractivity contribution < 1.29 is 14.3 Å². The van der Waals surface area contributed by atoms with Crippen LogP contribution in [0.3, 0.4) is 0 Å². The fourth-order valence-electron chi connectivity index (χ4n) is 2.03. The number of thiocarbonyl (C=S) groups is 1. The molecule has 0 aliphatic carbocycles. The molecule has 0 radical (unpaired) electrons. The van der Waals surface area contributed by atoms with E-state index in [0.29, 0.717) is 38.9 Å². The highest BCUT2D eigenvalue weighted by Crippen LogP contribution is 2.38. The number of halogens is 1. The van der Waals surface area contributed by atoms with Crippen LogP contribution in [0.1, 0.15) is 19.4 Å². The normalized spacial score (nSPS) is 16.5. The van der Waals surface area contributed by atoms with Gasteiger partial charge >= 0.3 is 0 Å². The molecule has 7 heteroatoms. The number of ether oxygens (including phenoxy) is 2. The van der Waals surface area contributed by atoms with Gasteiger partial charge in [0.2, 0.25) is 0 Å². The average molecular weight is 358 g/mol. The van der Waals surface area contributed by atoms with Crippen LogP contribution in [-0.2, 0) is 4.79 Å². The van der Waals surface area contributed by atoms with Crippen molar-refractivity contribution in [3.63, 3.8) is 0 Å². The number of benzene rings is 1. The zero-order valence-corrected chi connectivity index (χ0v) is 14.9. The van der Waals surface area contributed by atoms with E-state index in [1.165, 1.54) is 11.8 Å². The van der Waals surface area contributed by atoms with Gasteiger partial charge in [0.05, 0.1) is 23.6 Å². The molecule has 0 atom stereocenters. The monoisotopic (exact) mass is 357 g/mol. The van der Waals surface area contributed by atoms with Crippen LogP contribution in [0.25, 0.3) is 6.08 Å². The summed E-state index contributed by atoms with van der Waals surface area (Å²) in [4.78, 5) is 14.4. The summed E-state index contributed by atoms with van der Waals surface area (Å²) in [5.41, 5.74) is 0.766. The molecule has 1 heterocycles. The molecule has 1 fully saturated rings. The van der Waals surface area contributed by atoms with E-state index in [1.807, 2.05) is 13.8 Å². The van der Waals surface area contributed by atoms with E-state index in [9.17, 15) is 4.79 Å². The Hall–Kier alpha value is -1.24. The van der Waals surface area contributed by atoms with Crippen molar-refractivity contribution in [2.24, 2.45) is 0 Å². The number of nitrogens with zero attached hydrogens (tertiary/aromatic N) is 1. The summed E-state index contributed by atoms with van der Waals surface area (Å²) in [6.07, 6.45) is 1.76. The molecule has 1 amide bonds. The largest absolute Gasteiger partial charge is 0.493 e. The lowest BCUT2D eigenvalue weighted by atomic mass is 10.2. The predicted octanol–water partition coefficient (Wildman–Crippen LogP) is 3.97. The Balaban J connectivity index is 2.38. The van der Waals surface area contributed by atoms with Crippen LogP contribution in [0, 0.1) is 0 Å². The smallest absolute Gasteiger partial charge is 0.266 e. The van der Waals surface area contributed by atoms with Gasteiger partial charge in [0.25, 0.3) is 5.91 Å². The minimum absolute atomic E-state index is 0.0820. The van der Waals surface area contributed by atoms with Crippen LogP contribution in [0.5, 0.6) is 11.5 Å². The molecule has 1 aliphatic rings. The molecular formula is C15H16ClNO3S2. The van der Waals surface area contributed by atoms with Gasteiger partial charge in [-0.2, -0.15) is 0 Å². The zero-order valence-electron chi connectivity index (χ0n) is 12.5. The molecule has 4 nitrogen and oxygen atoms in total. The lowest BCUT2D eigenvalue weighted by Crippen LogP contribution is -2.27. The maximum atomic E-state index is 12.2. The minimum Gasteiger partial charge on any atom is -0.493 e. The summed E-state index contributed by atoms with van der Waals surface area (Å²) in [5, 5.41) is 0.443. The van der Waals surface area contributed by atoms with Gasteiger partial charge in [-0.25, -0.2) is 0 Å². The van der Waals surface area contributed by atoms with Gasteiger partial charge in [-0.05, 0) is 37.6 Å². The van der Waals surface area contributed by atoms with E-state index < -0.39 is 0 Å². The zero-order chi connectivity index (χ0) is 16.3. The summed E-state index contributed by atoms with van der Waals surface area (Å²) in [6, 6.07) is 3.53. The number of hydrogen-bond acceptors (Lipinski definition) is 5. The Morgan fingerprint density at radius 3 is 2.68 bits per heavy atom. The first kappa shape index (κ1) is 17.1. The standard InChI is InChI=1S/C15H16ClNO3S2/c1-4-17-14(18)12(22-15(17)21)8-9-6-10(16)13(20-5-2)11(7-9)19-3/h6-8H,4-5H2,1-3H3. The highest BCUT2D eigenvalue weighted by atomic mass is 35.5. The van der Waals surface area contributed by atoms with Crippen LogP contribution in [-0.4, -0.2) is 35.4 Å². The van der Waals surface area contributed by atoms with Crippen molar-refractivity contribution in [2.75, 3.05) is 20.3 Å². The van der Waals surface area contributed by atoms with E-state index >= 15 is 0 Å². The van der Waals surface area contributed by atoms with Gasteiger partial charge in [-0.1, -0.05) is 35.6 Å². The molecule has 0 aromatic heterocycles. The summed E-state index contributed by atoms with van der Waals surface area (Å²) in [6.45, 7) is 4.82. The molecule has 2 rings (SSSR count). The van der Waals surface area contributed by atoms with Crippen molar-refractivity contribution in [1.82, 2.24) is 4.90 Å². The molecule has 0 saturated carbocycles. The van der Waals surface area contributed by atoms with Crippen LogP contribution >= 0.6 is 35.6 Å². The molecule has 0 bridgehead atoms. The first-order chi connectivity index (χ1) is 10.5. The van der Waals surface area contributed by atoms with Gasteiger partial charge in [-0.15, -0.1) is 0 Å². The van der Waals surface area contributed by atoms with Crippen molar-refractivity contribution >= 4 is 51.9 Å². The van der Waals surface area contributed by atoms with Crippen molar-refractivity contribution in [3.8, 4) is 11.5 Å². The highest BCUT2D eigenvalue weighted by molar-refractivity contribution is 8.26. The lowest BCUT2D eigenvalue weighted by Gasteiger charge is -2.12. The van der Waals surface area contributed by atoms with Crippen LogP contribution in [0.2, 0.25) is 5.02 Å². The van der Waals surface area contributed by atoms with Gasteiger partial charge in [0.15, 0.2) is 11.5 Å². The molecule has 22 heavy (non-hydrogen) atoms. The first-order valence-corrected chi connectivity index (χ1v) is 8.37. The fraction of sp³-hybridized carbons (Fsp3) is 0.333. The molecule has 1 aliphatic heterocycles. The molecule has 0 N–H and O–H groups in total. The summed E-state index contributed by atoms with van der Waals surface area (Å²) < 4.78 is 11.4. The summed E-state index contributed by atoms with van der Waals surface area (Å²) in [7, 11) is 1.55. The van der Waals surface area contributed by atoms with Gasteiger partial charge < -0.3 is 9.47 Å². The van der Waals surface area contributed by atoms with Crippen LogP contribution in [0.15, 0.2) is 17.0 Å². The van der Waals surface area contributed by atoms with E-state index in [0.717, 1.165) is 5.56 Å². The number of methoxy groups -OCH3 is 1. The minimum atomic E-state index is -0.0820. The van der Waals surface area contributed by atoms with Gasteiger partial charge in [0, 0.05) is 6.54 Å². The van der Waals surface area contributed by atoms with Crippen LogP contribution in [0.4, 0.5) is 0 Å². The lowest BCUT2D eigenvalue weighted by molar-refractivity contribution is -0.121. The second kappa shape index (κ2) is 7.35. The third-order valence-electron chi connectivity index (χ3n) is 3.03. The van der Waals surface area contributed by atoms with Crippen molar-refractivity contribution in [1.29, 1.82) is 0 Å². The third kappa shape index (κ3) is 3.39. The van der Waals surface area contributed by atoms with E-state index in [2.05, 4.69) is 0 Å². The average Bonchev–Trinajstić information content (AvgIpc) is 2.75. The number of carbonyl (C=O) groups is 1. The Kier molecular flexibility index (Phi) is 5.72. The number of carbonyl (C=O) groups excluding carboxylic acids is 1. The maximum Gasteiger partial charge on any atom is 0.266 e. The van der Waals surface area contributed by atoms with Crippen molar-refractivity contribution in [2.45, 2.75) is 13.8 Å². The molecular weight excluding hydrogens is 342 g/mol. The molecule has 1 aromatic rings. The van der Waals surface area contributed by atoms with E-state index in [4.69, 9.17) is 33.3 Å². The molecule has 0 spiro atoms. The van der Waals surface area contributed by atoms with E-state index in [-0.39, 0.29) is 5.91 Å². The predicted molar refractivity (Wildman–Crippen MR) is 94.7 cm³/mol. The second-order valence-corrected chi connectivity index (χ2v) is 6.48. The number of hydrogen-bond donors (Lipinski definition) is 0. The molecule has 1 aromatic carbocycles. The van der Waals surface area contributed by atoms with Crippen LogP contribution < -0.4 is 9.47 Å². The Morgan fingerprint density at radius 1 is 1.41 bits per heavy atom. The molecule has 118 valence electrons. The Morgan fingerprint density at radius 2 is 2.14 bits per heavy atom. The highest BCUT2D eigenvalue weighted by Gasteiger charge is 2.30. The van der Waals surface area contributed by atoms with Gasteiger partial charge in [-0.3, -0.25) is 9.69 Å². The summed E-state index contributed by atoms with van der Waals surface area (Å²) >= 11 is 12.7. The van der Waals surface area contributed by atoms with E-state index in [1.54, 1.807) is 30.2 Å². The Bertz CT molecular complexity index is 646. The maximum absolute atomic E-state index is 12.2. The number of likely N-dealkylation sites (N-methyl/N-ethyl adjacent to an activating group) is 1. The van der Waals surface area contributed by atoms with Gasteiger partial charge in [0.1, 0.15) is 4.32 Å². The third-order valence-corrected chi connectivity index (χ3v) is 4.69.